The molecule has 1 fully saturated rings. The van der Waals surface area contributed by atoms with Crippen LogP contribution in [-0.2, 0) is 14.8 Å². The second-order valence-electron chi connectivity index (χ2n) is 5.08. The highest BCUT2D eigenvalue weighted by Gasteiger charge is 2.30. The van der Waals surface area contributed by atoms with Gasteiger partial charge in [-0.05, 0) is 25.0 Å². The van der Waals surface area contributed by atoms with Crippen LogP contribution in [0.5, 0.6) is 0 Å². The fourth-order valence-electron chi connectivity index (χ4n) is 2.28. The smallest absolute Gasteiger partial charge is 0.228 e. The molecule has 1 saturated heterocycles. The molecule has 21 heavy (non-hydrogen) atoms. The average Bonchev–Trinajstić information content (AvgIpc) is 2.42. The van der Waals surface area contributed by atoms with Gasteiger partial charge in [0, 0.05) is 24.8 Å². The molecule has 0 saturated carbocycles. The number of rotatable bonds is 3. The van der Waals surface area contributed by atoms with Crippen molar-refractivity contribution in [1.29, 1.82) is 0 Å². The number of carbonyl (C=O) groups excluding carboxylic acids is 1. The first-order valence-corrected chi connectivity index (χ1v) is 8.33. The molecule has 1 aliphatic heterocycles. The van der Waals surface area contributed by atoms with E-state index in [9.17, 15) is 22.0 Å². The Hall–Kier alpha value is -1.54. The third-order valence-corrected chi connectivity index (χ3v) is 4.68. The van der Waals surface area contributed by atoms with Gasteiger partial charge in [-0.25, -0.2) is 21.5 Å². The van der Waals surface area contributed by atoms with Gasteiger partial charge in [-0.2, -0.15) is 0 Å². The molecule has 0 aromatic heterocycles. The van der Waals surface area contributed by atoms with E-state index in [2.05, 4.69) is 5.32 Å². The van der Waals surface area contributed by atoms with Crippen molar-refractivity contribution in [2.45, 2.75) is 12.8 Å². The van der Waals surface area contributed by atoms with Crippen LogP contribution in [0.4, 0.5) is 14.5 Å². The highest BCUT2D eigenvalue weighted by Crippen LogP contribution is 2.21. The lowest BCUT2D eigenvalue weighted by Crippen LogP contribution is -2.43. The van der Waals surface area contributed by atoms with Crippen molar-refractivity contribution < 1.29 is 22.0 Å². The predicted octanol–water partition coefficient (Wildman–Crippen LogP) is 1.57. The van der Waals surface area contributed by atoms with Crippen molar-refractivity contribution in [2.75, 3.05) is 24.7 Å². The van der Waals surface area contributed by atoms with E-state index in [4.69, 9.17) is 0 Å². The van der Waals surface area contributed by atoms with E-state index in [1.54, 1.807) is 0 Å². The van der Waals surface area contributed by atoms with Crippen LogP contribution >= 0.6 is 0 Å². The van der Waals surface area contributed by atoms with Crippen LogP contribution in [0.25, 0.3) is 0 Å². The number of sulfonamides is 1. The Balaban J connectivity index is 2.04. The van der Waals surface area contributed by atoms with E-state index in [1.165, 1.54) is 10.4 Å². The molecule has 0 bridgehead atoms. The lowest BCUT2D eigenvalue weighted by atomic mass is 9.98. The largest absolute Gasteiger partial charge is 0.326 e. The summed E-state index contributed by atoms with van der Waals surface area (Å²) in [6.07, 6.45) is 2.24. The Bertz CT molecular complexity index is 649. The Morgan fingerprint density at radius 2 is 2.05 bits per heavy atom. The van der Waals surface area contributed by atoms with Crippen LogP contribution in [0.1, 0.15) is 12.8 Å². The van der Waals surface area contributed by atoms with Crippen LogP contribution in [0.2, 0.25) is 0 Å². The molecule has 1 aromatic carbocycles. The summed E-state index contributed by atoms with van der Waals surface area (Å²) >= 11 is 0. The number of hydrogen-bond donors (Lipinski definition) is 1. The molecule has 1 aliphatic rings. The number of carbonyl (C=O) groups is 1. The minimum atomic E-state index is -3.33. The van der Waals surface area contributed by atoms with Gasteiger partial charge >= 0.3 is 0 Å². The third-order valence-electron chi connectivity index (χ3n) is 3.41. The SMILES string of the molecule is CS(=O)(=O)N1CCC[C@@H](C(=O)Nc2ccc(F)c(F)c2)C1. The van der Waals surface area contributed by atoms with Crippen LogP contribution in [0, 0.1) is 17.6 Å². The molecule has 1 amide bonds. The van der Waals surface area contributed by atoms with Crippen LogP contribution in [-0.4, -0.2) is 38.0 Å². The number of nitrogens with zero attached hydrogens (tertiary/aromatic N) is 1. The first-order valence-electron chi connectivity index (χ1n) is 6.48. The summed E-state index contributed by atoms with van der Waals surface area (Å²) in [5, 5.41) is 2.48. The van der Waals surface area contributed by atoms with Gasteiger partial charge in [-0.15, -0.1) is 0 Å². The van der Waals surface area contributed by atoms with Gasteiger partial charge in [0.25, 0.3) is 0 Å². The monoisotopic (exact) mass is 318 g/mol. The second-order valence-corrected chi connectivity index (χ2v) is 7.06. The number of hydrogen-bond acceptors (Lipinski definition) is 3. The van der Waals surface area contributed by atoms with E-state index in [-0.39, 0.29) is 12.2 Å². The molecule has 1 atom stereocenters. The summed E-state index contributed by atoms with van der Waals surface area (Å²) < 4.78 is 50.1. The van der Waals surface area contributed by atoms with Crippen molar-refractivity contribution in [3.8, 4) is 0 Å². The van der Waals surface area contributed by atoms with Crippen molar-refractivity contribution >= 4 is 21.6 Å². The summed E-state index contributed by atoms with van der Waals surface area (Å²) in [5.74, 6) is -2.93. The van der Waals surface area contributed by atoms with Gasteiger partial charge in [0.2, 0.25) is 15.9 Å². The summed E-state index contributed by atoms with van der Waals surface area (Å²) in [6.45, 7) is 0.502. The minimum Gasteiger partial charge on any atom is -0.326 e. The van der Waals surface area contributed by atoms with Gasteiger partial charge in [0.1, 0.15) is 0 Å². The molecule has 1 heterocycles. The van der Waals surface area contributed by atoms with Crippen molar-refractivity contribution in [1.82, 2.24) is 4.31 Å². The maximum atomic E-state index is 13.1. The van der Waals surface area contributed by atoms with E-state index in [0.29, 0.717) is 19.4 Å². The molecule has 116 valence electrons. The lowest BCUT2D eigenvalue weighted by Gasteiger charge is -2.30. The van der Waals surface area contributed by atoms with Crippen LogP contribution in [0.15, 0.2) is 18.2 Å². The van der Waals surface area contributed by atoms with Crippen molar-refractivity contribution in [3.63, 3.8) is 0 Å². The zero-order chi connectivity index (χ0) is 15.6. The van der Waals surface area contributed by atoms with Crippen LogP contribution < -0.4 is 5.32 Å². The van der Waals surface area contributed by atoms with Crippen molar-refractivity contribution in [2.24, 2.45) is 5.92 Å². The zero-order valence-corrected chi connectivity index (χ0v) is 12.3. The molecule has 1 aromatic rings. The molecule has 1 N–H and O–H groups in total. The quantitative estimate of drug-likeness (QED) is 0.920. The zero-order valence-electron chi connectivity index (χ0n) is 11.5. The van der Waals surface area contributed by atoms with E-state index in [1.807, 2.05) is 0 Å². The maximum Gasteiger partial charge on any atom is 0.228 e. The highest BCUT2D eigenvalue weighted by atomic mass is 32.2. The number of nitrogens with one attached hydrogen (secondary N) is 1. The molecule has 0 spiro atoms. The van der Waals surface area contributed by atoms with Gasteiger partial charge in [0.05, 0.1) is 12.2 Å². The Morgan fingerprint density at radius 1 is 1.33 bits per heavy atom. The summed E-state index contributed by atoms with van der Waals surface area (Å²) in [7, 11) is -3.33. The molecule has 0 unspecified atom stereocenters. The summed E-state index contributed by atoms with van der Waals surface area (Å²) in [4.78, 5) is 12.1. The molecule has 0 radical (unpaired) electrons. The number of anilines is 1. The Labute approximate surface area is 122 Å². The van der Waals surface area contributed by atoms with Crippen molar-refractivity contribution in [3.05, 3.63) is 29.8 Å². The molecular weight excluding hydrogens is 302 g/mol. The van der Waals surface area contributed by atoms with Gasteiger partial charge in [0.15, 0.2) is 11.6 Å². The van der Waals surface area contributed by atoms with E-state index in [0.717, 1.165) is 18.4 Å². The molecular formula is C13H16F2N2O3S. The lowest BCUT2D eigenvalue weighted by molar-refractivity contribution is -0.120. The van der Waals surface area contributed by atoms with Crippen LogP contribution in [0.3, 0.4) is 0 Å². The number of piperidine rings is 1. The number of benzene rings is 1. The second kappa shape index (κ2) is 6.07. The third kappa shape index (κ3) is 3.98. The number of halogens is 2. The first kappa shape index (κ1) is 15.8. The van der Waals surface area contributed by atoms with Gasteiger partial charge in [-0.1, -0.05) is 0 Å². The number of amides is 1. The maximum absolute atomic E-state index is 13.1. The first-order chi connectivity index (χ1) is 9.77. The minimum absolute atomic E-state index is 0.105. The molecule has 2 rings (SSSR count). The topological polar surface area (TPSA) is 66.5 Å². The normalized spacial score (nSPS) is 20.2. The average molecular weight is 318 g/mol. The highest BCUT2D eigenvalue weighted by molar-refractivity contribution is 7.88. The Kier molecular flexibility index (Phi) is 4.58. The summed E-state index contributed by atoms with van der Waals surface area (Å²) in [5.41, 5.74) is 0.148. The summed E-state index contributed by atoms with van der Waals surface area (Å²) in [6, 6.07) is 3.08. The predicted molar refractivity (Wildman–Crippen MR) is 74.1 cm³/mol. The fourth-order valence-corrected chi connectivity index (χ4v) is 3.19. The fraction of sp³-hybridized carbons (Fsp3) is 0.462. The van der Waals surface area contributed by atoms with Gasteiger partial charge in [-0.3, -0.25) is 4.79 Å². The molecule has 5 nitrogen and oxygen atoms in total. The molecule has 0 aliphatic carbocycles. The molecule has 8 heteroatoms. The van der Waals surface area contributed by atoms with E-state index >= 15 is 0 Å². The standard InChI is InChI=1S/C13H16F2N2O3S/c1-21(19,20)17-6-2-3-9(8-17)13(18)16-10-4-5-11(14)12(15)7-10/h4-5,7,9H,2-3,6,8H2,1H3,(H,16,18)/t9-/m1/s1. The Morgan fingerprint density at radius 3 is 2.67 bits per heavy atom. The van der Waals surface area contributed by atoms with E-state index < -0.39 is 33.5 Å². The van der Waals surface area contributed by atoms with Gasteiger partial charge < -0.3 is 5.32 Å².